The number of hydrogen-bond acceptors (Lipinski definition) is 4. The van der Waals surface area contributed by atoms with Gasteiger partial charge in [0.25, 0.3) is 0 Å². The number of rotatable bonds is 4. The van der Waals surface area contributed by atoms with Gasteiger partial charge in [-0.05, 0) is 19.8 Å². The molecule has 0 aromatic rings. The molecule has 1 aliphatic carbocycles. The van der Waals surface area contributed by atoms with E-state index in [2.05, 4.69) is 10.1 Å². The number of amides is 1. The van der Waals surface area contributed by atoms with E-state index in [9.17, 15) is 9.59 Å². The predicted molar refractivity (Wildman–Crippen MR) is 71.9 cm³/mol. The van der Waals surface area contributed by atoms with Crippen molar-refractivity contribution >= 4 is 29.1 Å². The largest absolute Gasteiger partial charge is 0.467 e. The van der Waals surface area contributed by atoms with E-state index >= 15 is 0 Å². The van der Waals surface area contributed by atoms with Crippen molar-refractivity contribution in [2.45, 2.75) is 45.1 Å². The van der Waals surface area contributed by atoms with E-state index in [4.69, 9.17) is 18.0 Å². The van der Waals surface area contributed by atoms with Crippen molar-refractivity contribution in [3.05, 3.63) is 0 Å². The molecule has 102 valence electrons. The Morgan fingerprint density at radius 3 is 2.33 bits per heavy atom. The van der Waals surface area contributed by atoms with E-state index in [0.29, 0.717) is 12.8 Å². The number of ether oxygens (including phenoxy) is 1. The van der Waals surface area contributed by atoms with Crippen LogP contribution in [0.3, 0.4) is 0 Å². The highest BCUT2D eigenvalue weighted by molar-refractivity contribution is 7.80. The Kier molecular flexibility index (Phi) is 5.07. The van der Waals surface area contributed by atoms with Crippen molar-refractivity contribution in [2.75, 3.05) is 7.11 Å². The molecule has 5 nitrogen and oxygen atoms in total. The van der Waals surface area contributed by atoms with Crippen LogP contribution in [0.15, 0.2) is 0 Å². The monoisotopic (exact) mass is 272 g/mol. The maximum Gasteiger partial charge on any atom is 0.328 e. The van der Waals surface area contributed by atoms with E-state index in [-0.39, 0.29) is 10.9 Å². The second-order valence-corrected chi connectivity index (χ2v) is 5.17. The van der Waals surface area contributed by atoms with Crippen LogP contribution in [0.5, 0.6) is 0 Å². The fourth-order valence-electron chi connectivity index (χ4n) is 2.31. The zero-order chi connectivity index (χ0) is 13.8. The summed E-state index contributed by atoms with van der Waals surface area (Å²) in [7, 11) is 1.29. The topological polar surface area (TPSA) is 81.4 Å². The van der Waals surface area contributed by atoms with Gasteiger partial charge in [0.05, 0.1) is 17.5 Å². The molecule has 1 fully saturated rings. The Bertz CT molecular complexity index is 351. The van der Waals surface area contributed by atoms with Crippen molar-refractivity contribution < 1.29 is 14.3 Å². The molecule has 0 bridgehead atoms. The van der Waals surface area contributed by atoms with Crippen LogP contribution in [0.2, 0.25) is 0 Å². The standard InChI is InChI=1S/C12H20N2O3S/c1-8(9(15)17-2)14-11(16)12(10(13)18)6-4-3-5-7-12/h8H,3-7H2,1-2H3,(H2,13,18)(H,14,16). The smallest absolute Gasteiger partial charge is 0.328 e. The molecule has 1 rings (SSSR count). The minimum Gasteiger partial charge on any atom is -0.467 e. The van der Waals surface area contributed by atoms with Gasteiger partial charge in [-0.15, -0.1) is 0 Å². The molecule has 0 saturated heterocycles. The van der Waals surface area contributed by atoms with Crippen LogP contribution < -0.4 is 11.1 Å². The first-order valence-corrected chi connectivity index (χ1v) is 6.53. The fourth-order valence-corrected chi connectivity index (χ4v) is 2.61. The molecular weight excluding hydrogens is 252 g/mol. The van der Waals surface area contributed by atoms with Crippen molar-refractivity contribution in [3.63, 3.8) is 0 Å². The van der Waals surface area contributed by atoms with Gasteiger partial charge < -0.3 is 15.8 Å². The lowest BCUT2D eigenvalue weighted by Crippen LogP contribution is -2.53. The third kappa shape index (κ3) is 2.98. The molecule has 3 N–H and O–H groups in total. The summed E-state index contributed by atoms with van der Waals surface area (Å²) in [5.74, 6) is -0.732. The minimum absolute atomic E-state index is 0.219. The summed E-state index contributed by atoms with van der Waals surface area (Å²) in [6.07, 6.45) is 4.25. The van der Waals surface area contributed by atoms with Crippen LogP contribution in [0.25, 0.3) is 0 Å². The van der Waals surface area contributed by atoms with Crippen LogP contribution in [0, 0.1) is 5.41 Å². The maximum absolute atomic E-state index is 12.3. The van der Waals surface area contributed by atoms with Gasteiger partial charge in [-0.2, -0.15) is 0 Å². The van der Waals surface area contributed by atoms with Crippen molar-refractivity contribution in [2.24, 2.45) is 11.1 Å². The first-order chi connectivity index (χ1) is 8.44. The van der Waals surface area contributed by atoms with Gasteiger partial charge >= 0.3 is 5.97 Å². The molecule has 6 heteroatoms. The normalized spacial score (nSPS) is 19.7. The van der Waals surface area contributed by atoms with Gasteiger partial charge in [-0.1, -0.05) is 31.5 Å². The predicted octanol–water partition coefficient (Wildman–Crippen LogP) is 0.901. The van der Waals surface area contributed by atoms with E-state index in [0.717, 1.165) is 19.3 Å². The lowest BCUT2D eigenvalue weighted by molar-refractivity contribution is -0.145. The Hall–Kier alpha value is -1.17. The number of hydrogen-bond donors (Lipinski definition) is 2. The van der Waals surface area contributed by atoms with Crippen LogP contribution in [-0.2, 0) is 14.3 Å². The van der Waals surface area contributed by atoms with Crippen LogP contribution >= 0.6 is 12.2 Å². The van der Waals surface area contributed by atoms with E-state index in [1.165, 1.54) is 7.11 Å². The quantitative estimate of drug-likeness (QED) is 0.587. The number of thiocarbonyl (C=S) groups is 1. The van der Waals surface area contributed by atoms with Crippen molar-refractivity contribution in [3.8, 4) is 0 Å². The average Bonchev–Trinajstić information content (AvgIpc) is 2.38. The molecule has 1 aliphatic rings. The Labute approximate surface area is 112 Å². The van der Waals surface area contributed by atoms with Crippen LogP contribution in [-0.4, -0.2) is 30.0 Å². The molecule has 0 aliphatic heterocycles. The number of carbonyl (C=O) groups excluding carboxylic acids is 2. The third-order valence-electron chi connectivity index (χ3n) is 3.52. The molecule has 0 aromatic heterocycles. The molecule has 0 spiro atoms. The summed E-state index contributed by atoms with van der Waals surface area (Å²) < 4.78 is 4.58. The van der Waals surface area contributed by atoms with Gasteiger partial charge in [0.1, 0.15) is 6.04 Å². The van der Waals surface area contributed by atoms with Gasteiger partial charge in [-0.25, -0.2) is 4.79 Å². The third-order valence-corrected chi connectivity index (χ3v) is 3.91. The number of esters is 1. The Morgan fingerprint density at radius 1 is 1.33 bits per heavy atom. The summed E-state index contributed by atoms with van der Waals surface area (Å²) in [6.45, 7) is 1.58. The molecule has 0 radical (unpaired) electrons. The van der Waals surface area contributed by atoms with Crippen molar-refractivity contribution in [1.82, 2.24) is 5.32 Å². The molecule has 1 amide bonds. The van der Waals surface area contributed by atoms with Gasteiger partial charge in [-0.3, -0.25) is 4.79 Å². The SMILES string of the molecule is COC(=O)C(C)NC(=O)C1(C(N)=S)CCCCC1. The van der Waals surface area contributed by atoms with Gasteiger partial charge in [0.15, 0.2) is 0 Å². The molecule has 1 atom stereocenters. The first kappa shape index (κ1) is 14.9. The summed E-state index contributed by atoms with van der Waals surface area (Å²) in [6, 6.07) is -0.685. The van der Waals surface area contributed by atoms with Gasteiger partial charge in [0, 0.05) is 0 Å². The van der Waals surface area contributed by atoms with E-state index in [1.807, 2.05) is 0 Å². The number of methoxy groups -OCH3 is 1. The zero-order valence-electron chi connectivity index (χ0n) is 10.8. The summed E-state index contributed by atoms with van der Waals surface area (Å²) in [5, 5.41) is 2.64. The highest BCUT2D eigenvalue weighted by Crippen LogP contribution is 2.37. The highest BCUT2D eigenvalue weighted by Gasteiger charge is 2.43. The lowest BCUT2D eigenvalue weighted by Gasteiger charge is -2.35. The second kappa shape index (κ2) is 6.13. The fraction of sp³-hybridized carbons (Fsp3) is 0.750. The summed E-state index contributed by atoms with van der Waals surface area (Å²) in [5.41, 5.74) is 4.95. The van der Waals surface area contributed by atoms with Crippen LogP contribution in [0.1, 0.15) is 39.0 Å². The van der Waals surface area contributed by atoms with E-state index in [1.54, 1.807) is 6.92 Å². The highest BCUT2D eigenvalue weighted by atomic mass is 32.1. The molecule has 1 saturated carbocycles. The van der Waals surface area contributed by atoms with E-state index < -0.39 is 17.4 Å². The average molecular weight is 272 g/mol. The summed E-state index contributed by atoms with van der Waals surface area (Å²) >= 11 is 5.05. The number of nitrogens with two attached hydrogens (primary N) is 1. The molecule has 18 heavy (non-hydrogen) atoms. The molecule has 0 heterocycles. The minimum atomic E-state index is -0.796. The second-order valence-electron chi connectivity index (χ2n) is 4.73. The van der Waals surface area contributed by atoms with Crippen molar-refractivity contribution in [1.29, 1.82) is 0 Å². The zero-order valence-corrected chi connectivity index (χ0v) is 11.6. The molecule has 0 aromatic carbocycles. The Morgan fingerprint density at radius 2 is 1.89 bits per heavy atom. The number of carbonyl (C=O) groups is 2. The maximum atomic E-state index is 12.3. The lowest BCUT2D eigenvalue weighted by atomic mass is 9.73. The molecular formula is C12H20N2O3S. The van der Waals surface area contributed by atoms with Crippen LogP contribution in [0.4, 0.5) is 0 Å². The van der Waals surface area contributed by atoms with Gasteiger partial charge in [0.2, 0.25) is 5.91 Å². The number of nitrogens with one attached hydrogen (secondary N) is 1. The molecule has 1 unspecified atom stereocenters. The Balaban J connectivity index is 2.78. The summed E-state index contributed by atoms with van der Waals surface area (Å²) in [4.78, 5) is 23.8. The first-order valence-electron chi connectivity index (χ1n) is 6.13.